The molecule has 1 aliphatic rings. The van der Waals surface area contributed by atoms with E-state index in [-0.39, 0.29) is 0 Å². The summed E-state index contributed by atoms with van der Waals surface area (Å²) in [4.78, 5) is 0.327. The quantitative estimate of drug-likeness (QED) is 0.843. The van der Waals surface area contributed by atoms with Crippen molar-refractivity contribution in [1.82, 2.24) is 4.72 Å². The van der Waals surface area contributed by atoms with Crippen molar-refractivity contribution in [3.63, 3.8) is 0 Å². The summed E-state index contributed by atoms with van der Waals surface area (Å²) in [5, 5.41) is 3.42. The van der Waals surface area contributed by atoms with Gasteiger partial charge in [-0.2, -0.15) is 0 Å². The molecule has 1 saturated carbocycles. The van der Waals surface area contributed by atoms with Gasteiger partial charge in [0.1, 0.15) is 0 Å². The highest BCUT2D eigenvalue weighted by molar-refractivity contribution is 7.89. The Bertz CT molecular complexity index is 505. The van der Waals surface area contributed by atoms with Crippen molar-refractivity contribution in [2.45, 2.75) is 44.0 Å². The molecule has 0 heterocycles. The van der Waals surface area contributed by atoms with Crippen molar-refractivity contribution in [2.75, 3.05) is 11.9 Å². The van der Waals surface area contributed by atoms with E-state index in [1.165, 1.54) is 12.8 Å². The van der Waals surface area contributed by atoms with Crippen LogP contribution in [0.5, 0.6) is 0 Å². The van der Waals surface area contributed by atoms with E-state index >= 15 is 0 Å². The molecule has 0 atom stereocenters. The summed E-state index contributed by atoms with van der Waals surface area (Å²) in [6.45, 7) is 4.66. The summed E-state index contributed by atoms with van der Waals surface area (Å²) in [5.74, 6) is 0.801. The third-order valence-electron chi connectivity index (χ3n) is 3.45. The first-order valence-corrected chi connectivity index (χ1v) is 8.36. The van der Waals surface area contributed by atoms with Crippen LogP contribution in [0.1, 0.15) is 33.1 Å². The van der Waals surface area contributed by atoms with E-state index in [0.717, 1.165) is 18.0 Å². The monoisotopic (exact) mass is 282 g/mol. The second kappa shape index (κ2) is 5.92. The molecule has 0 unspecified atom stereocenters. The maximum atomic E-state index is 11.9. The Balaban J connectivity index is 1.98. The molecule has 1 fully saturated rings. The van der Waals surface area contributed by atoms with Gasteiger partial charge in [-0.3, -0.25) is 0 Å². The third kappa shape index (κ3) is 3.70. The van der Waals surface area contributed by atoms with Crippen LogP contribution in [0.3, 0.4) is 0 Å². The lowest BCUT2D eigenvalue weighted by Crippen LogP contribution is -2.33. The molecule has 0 spiro atoms. The number of anilines is 1. The van der Waals surface area contributed by atoms with Crippen molar-refractivity contribution >= 4 is 15.7 Å². The van der Waals surface area contributed by atoms with Gasteiger partial charge in [0.15, 0.2) is 0 Å². The Morgan fingerprint density at radius 3 is 2.37 bits per heavy atom. The smallest absolute Gasteiger partial charge is 0.240 e. The fraction of sp³-hybridized carbons (Fsp3) is 0.571. The highest BCUT2D eigenvalue weighted by Crippen LogP contribution is 2.29. The van der Waals surface area contributed by atoms with Crippen molar-refractivity contribution < 1.29 is 8.42 Å². The fourth-order valence-electron chi connectivity index (χ4n) is 2.31. The maximum Gasteiger partial charge on any atom is 0.240 e. The summed E-state index contributed by atoms with van der Waals surface area (Å²) in [7, 11) is -3.35. The van der Waals surface area contributed by atoms with Crippen molar-refractivity contribution in [1.29, 1.82) is 0 Å². The van der Waals surface area contributed by atoms with Gasteiger partial charge >= 0.3 is 0 Å². The Morgan fingerprint density at radius 1 is 1.21 bits per heavy atom. The molecule has 2 N–H and O–H groups in total. The van der Waals surface area contributed by atoms with Gasteiger partial charge in [0.2, 0.25) is 10.0 Å². The predicted octanol–water partition coefficient (Wildman–Crippen LogP) is 2.59. The van der Waals surface area contributed by atoms with Crippen molar-refractivity contribution in [2.24, 2.45) is 5.92 Å². The highest BCUT2D eigenvalue weighted by atomic mass is 32.2. The van der Waals surface area contributed by atoms with Crippen LogP contribution < -0.4 is 10.0 Å². The largest absolute Gasteiger partial charge is 0.382 e. The first-order valence-electron chi connectivity index (χ1n) is 6.87. The van der Waals surface area contributed by atoms with Crippen LogP contribution in [0.25, 0.3) is 0 Å². The van der Waals surface area contributed by atoms with Crippen molar-refractivity contribution in [3.8, 4) is 0 Å². The number of nitrogens with one attached hydrogen (secondary N) is 2. The summed E-state index contributed by atoms with van der Waals surface area (Å²) in [5.41, 5.74) is 0.992. The molecule has 0 bridgehead atoms. The number of sulfonamides is 1. The standard InChI is InChI=1S/C14H22N2O2S/c1-3-8-15-19(17,18)14-6-4-12(5-7-14)16-13-9-11(2)10-13/h4-7,11,13,15-16H,3,8-10H2,1-2H3. The molecule has 4 nitrogen and oxygen atoms in total. The van der Waals surface area contributed by atoms with E-state index in [2.05, 4.69) is 17.0 Å². The zero-order valence-electron chi connectivity index (χ0n) is 11.5. The van der Waals surface area contributed by atoms with Crippen LogP contribution in [-0.4, -0.2) is 21.0 Å². The number of hydrogen-bond acceptors (Lipinski definition) is 3. The summed E-state index contributed by atoms with van der Waals surface area (Å²) in [6, 6.07) is 7.52. The zero-order valence-corrected chi connectivity index (χ0v) is 12.3. The van der Waals surface area contributed by atoms with E-state index in [0.29, 0.717) is 17.5 Å². The molecule has 0 aliphatic heterocycles. The topological polar surface area (TPSA) is 58.2 Å². The molecular weight excluding hydrogens is 260 g/mol. The second-order valence-electron chi connectivity index (χ2n) is 5.34. The van der Waals surface area contributed by atoms with E-state index < -0.39 is 10.0 Å². The number of benzene rings is 1. The molecule has 1 aliphatic carbocycles. The van der Waals surface area contributed by atoms with Crippen LogP contribution in [0.15, 0.2) is 29.2 Å². The Hall–Kier alpha value is -1.07. The van der Waals surface area contributed by atoms with E-state index in [4.69, 9.17) is 0 Å². The maximum absolute atomic E-state index is 11.9. The molecule has 19 heavy (non-hydrogen) atoms. The number of rotatable bonds is 6. The van der Waals surface area contributed by atoms with Gasteiger partial charge in [0.25, 0.3) is 0 Å². The molecule has 2 rings (SSSR count). The first kappa shape index (κ1) is 14.3. The minimum atomic E-state index is -3.35. The van der Waals surface area contributed by atoms with Crippen LogP contribution in [-0.2, 0) is 10.0 Å². The Morgan fingerprint density at radius 2 is 1.84 bits per heavy atom. The molecule has 5 heteroatoms. The highest BCUT2D eigenvalue weighted by Gasteiger charge is 2.24. The first-order chi connectivity index (χ1) is 9.01. The van der Waals surface area contributed by atoms with Gasteiger partial charge in [-0.05, 0) is 49.4 Å². The van der Waals surface area contributed by atoms with E-state index in [1.807, 2.05) is 19.1 Å². The summed E-state index contributed by atoms with van der Waals surface area (Å²) in [6.07, 6.45) is 3.18. The van der Waals surface area contributed by atoms with Gasteiger partial charge in [0.05, 0.1) is 4.90 Å². The van der Waals surface area contributed by atoms with Gasteiger partial charge in [0, 0.05) is 18.3 Å². The molecule has 1 aromatic carbocycles. The van der Waals surface area contributed by atoms with Crippen LogP contribution >= 0.6 is 0 Å². The minimum Gasteiger partial charge on any atom is -0.382 e. The lowest BCUT2D eigenvalue weighted by molar-refractivity contribution is 0.309. The Kier molecular flexibility index (Phi) is 4.47. The van der Waals surface area contributed by atoms with Crippen molar-refractivity contribution in [3.05, 3.63) is 24.3 Å². The molecule has 0 saturated heterocycles. The molecule has 106 valence electrons. The molecule has 0 radical (unpaired) electrons. The van der Waals surface area contributed by atoms with E-state index in [1.54, 1.807) is 12.1 Å². The fourth-order valence-corrected chi connectivity index (χ4v) is 3.44. The minimum absolute atomic E-state index is 0.327. The normalized spacial score (nSPS) is 22.8. The SMILES string of the molecule is CCCNS(=O)(=O)c1ccc(NC2CC(C)C2)cc1. The molecule has 1 aromatic rings. The van der Waals surface area contributed by atoms with Crippen LogP contribution in [0.4, 0.5) is 5.69 Å². The summed E-state index contributed by atoms with van der Waals surface area (Å²) >= 11 is 0. The second-order valence-corrected chi connectivity index (χ2v) is 7.11. The zero-order chi connectivity index (χ0) is 13.9. The van der Waals surface area contributed by atoms with Gasteiger partial charge in [-0.1, -0.05) is 13.8 Å². The van der Waals surface area contributed by atoms with Gasteiger partial charge in [-0.15, -0.1) is 0 Å². The molecular formula is C14H22N2O2S. The van der Waals surface area contributed by atoms with Gasteiger partial charge < -0.3 is 5.32 Å². The third-order valence-corrected chi connectivity index (χ3v) is 4.93. The van der Waals surface area contributed by atoms with E-state index in [9.17, 15) is 8.42 Å². The molecule has 0 amide bonds. The Labute approximate surface area is 115 Å². The number of hydrogen-bond donors (Lipinski definition) is 2. The van der Waals surface area contributed by atoms with Crippen LogP contribution in [0, 0.1) is 5.92 Å². The lowest BCUT2D eigenvalue weighted by atomic mass is 9.82. The lowest BCUT2D eigenvalue weighted by Gasteiger charge is -2.34. The average Bonchev–Trinajstić information content (AvgIpc) is 2.35. The average molecular weight is 282 g/mol. The summed E-state index contributed by atoms with van der Waals surface area (Å²) < 4.78 is 26.4. The molecule has 0 aromatic heterocycles. The van der Waals surface area contributed by atoms with Crippen LogP contribution in [0.2, 0.25) is 0 Å². The predicted molar refractivity (Wildman–Crippen MR) is 77.7 cm³/mol. The van der Waals surface area contributed by atoms with Gasteiger partial charge in [-0.25, -0.2) is 13.1 Å².